The maximum Gasteiger partial charge on any atom is 0.254 e. The maximum absolute atomic E-state index is 13.3. The summed E-state index contributed by atoms with van der Waals surface area (Å²) >= 11 is 1.67. The highest BCUT2D eigenvalue weighted by atomic mass is 32.1. The Morgan fingerprint density at radius 2 is 2.00 bits per heavy atom. The molecule has 0 unspecified atom stereocenters. The molecule has 6 heteroatoms. The number of ether oxygens (including phenoxy) is 1. The molecule has 2 aromatic rings. The van der Waals surface area contributed by atoms with Crippen molar-refractivity contribution < 1.29 is 14.6 Å². The molecule has 2 atom stereocenters. The van der Waals surface area contributed by atoms with Crippen molar-refractivity contribution in [2.24, 2.45) is 5.92 Å². The number of nitrogens with zero attached hydrogens (tertiary/aromatic N) is 2. The summed E-state index contributed by atoms with van der Waals surface area (Å²) in [7, 11) is 0. The first-order valence-electron chi connectivity index (χ1n) is 9.56. The first-order chi connectivity index (χ1) is 13.3. The van der Waals surface area contributed by atoms with Gasteiger partial charge in [0.2, 0.25) is 0 Å². The second kappa shape index (κ2) is 8.52. The zero-order chi connectivity index (χ0) is 18.6. The molecule has 0 aliphatic carbocycles. The van der Waals surface area contributed by atoms with E-state index in [1.54, 1.807) is 11.3 Å². The third kappa shape index (κ3) is 4.09. The molecular formula is C21H26N2O3S. The lowest BCUT2D eigenvalue weighted by atomic mass is 9.92. The van der Waals surface area contributed by atoms with Gasteiger partial charge in [0.05, 0.1) is 13.2 Å². The van der Waals surface area contributed by atoms with Crippen LogP contribution in [0.3, 0.4) is 0 Å². The second-order valence-electron chi connectivity index (χ2n) is 7.36. The second-order valence-corrected chi connectivity index (χ2v) is 8.14. The van der Waals surface area contributed by atoms with Crippen LogP contribution in [0.1, 0.15) is 27.4 Å². The standard InChI is InChI=1S/C21H26N2O3S/c24-14-18-12-23(13-20(18)17-5-10-27-15-17)21(25)19-4-2-1-3-16(19)11-22-6-8-26-9-7-22/h1-5,10,15,18,20,24H,6-9,11-14H2/t18-,20-/m0/s1. The number of likely N-dealkylation sites (tertiary alicyclic amines) is 1. The highest BCUT2D eigenvalue weighted by Gasteiger charge is 2.36. The molecule has 2 saturated heterocycles. The Kier molecular flexibility index (Phi) is 5.88. The van der Waals surface area contributed by atoms with Gasteiger partial charge in [-0.2, -0.15) is 11.3 Å². The highest BCUT2D eigenvalue weighted by Crippen LogP contribution is 2.34. The van der Waals surface area contributed by atoms with Crippen LogP contribution in [0, 0.1) is 5.92 Å². The number of carbonyl (C=O) groups excluding carboxylic acids is 1. The Morgan fingerprint density at radius 3 is 2.74 bits per heavy atom. The smallest absolute Gasteiger partial charge is 0.254 e. The molecule has 27 heavy (non-hydrogen) atoms. The van der Waals surface area contributed by atoms with Gasteiger partial charge in [-0.15, -0.1) is 0 Å². The lowest BCUT2D eigenvalue weighted by Crippen LogP contribution is -2.36. The van der Waals surface area contributed by atoms with Gasteiger partial charge in [-0.3, -0.25) is 9.69 Å². The fourth-order valence-electron chi connectivity index (χ4n) is 4.12. The number of amides is 1. The normalized spacial score (nSPS) is 23.7. The highest BCUT2D eigenvalue weighted by molar-refractivity contribution is 7.08. The van der Waals surface area contributed by atoms with E-state index in [9.17, 15) is 9.90 Å². The van der Waals surface area contributed by atoms with E-state index in [-0.39, 0.29) is 24.3 Å². The molecule has 1 N–H and O–H groups in total. The van der Waals surface area contributed by atoms with Crippen molar-refractivity contribution in [2.75, 3.05) is 46.0 Å². The van der Waals surface area contributed by atoms with Crippen molar-refractivity contribution in [1.82, 2.24) is 9.80 Å². The summed E-state index contributed by atoms with van der Waals surface area (Å²) in [4.78, 5) is 17.5. The Hall–Kier alpha value is -1.73. The van der Waals surface area contributed by atoms with Crippen molar-refractivity contribution in [3.8, 4) is 0 Å². The van der Waals surface area contributed by atoms with E-state index in [2.05, 4.69) is 27.8 Å². The fourth-order valence-corrected chi connectivity index (χ4v) is 4.85. The van der Waals surface area contributed by atoms with Gasteiger partial charge >= 0.3 is 0 Å². The average molecular weight is 387 g/mol. The van der Waals surface area contributed by atoms with E-state index in [0.717, 1.165) is 44.0 Å². The topological polar surface area (TPSA) is 53.0 Å². The fraction of sp³-hybridized carbons (Fsp3) is 0.476. The minimum Gasteiger partial charge on any atom is -0.396 e. The summed E-state index contributed by atoms with van der Waals surface area (Å²) in [5, 5.41) is 14.0. The van der Waals surface area contributed by atoms with Crippen molar-refractivity contribution in [1.29, 1.82) is 0 Å². The van der Waals surface area contributed by atoms with Crippen molar-refractivity contribution >= 4 is 17.2 Å². The molecule has 2 fully saturated rings. The van der Waals surface area contributed by atoms with Gasteiger partial charge in [0.15, 0.2) is 0 Å². The number of benzene rings is 1. The van der Waals surface area contributed by atoms with Crippen LogP contribution in [-0.4, -0.2) is 66.8 Å². The van der Waals surface area contributed by atoms with Gasteiger partial charge in [-0.1, -0.05) is 18.2 Å². The van der Waals surface area contributed by atoms with Crippen LogP contribution in [0.4, 0.5) is 0 Å². The summed E-state index contributed by atoms with van der Waals surface area (Å²) in [5.41, 5.74) is 3.09. The molecule has 0 bridgehead atoms. The number of thiophene rings is 1. The first-order valence-corrected chi connectivity index (χ1v) is 10.5. The Bertz CT molecular complexity index is 759. The zero-order valence-corrected chi connectivity index (χ0v) is 16.2. The van der Waals surface area contributed by atoms with Gasteiger partial charge in [-0.05, 0) is 34.0 Å². The summed E-state index contributed by atoms with van der Waals surface area (Å²) in [6.45, 7) is 5.48. The van der Waals surface area contributed by atoms with Gasteiger partial charge in [0.25, 0.3) is 5.91 Å². The first kappa shape index (κ1) is 18.6. The van der Waals surface area contributed by atoms with E-state index < -0.39 is 0 Å². The lowest BCUT2D eigenvalue weighted by molar-refractivity contribution is 0.0340. The molecule has 1 aromatic carbocycles. The summed E-state index contributed by atoms with van der Waals surface area (Å²) in [6, 6.07) is 10.0. The molecular weight excluding hydrogens is 360 g/mol. The van der Waals surface area contributed by atoms with Crippen LogP contribution in [0.5, 0.6) is 0 Å². The van der Waals surface area contributed by atoms with Crippen LogP contribution in [0.15, 0.2) is 41.1 Å². The third-order valence-corrected chi connectivity index (χ3v) is 6.38. The molecule has 0 saturated carbocycles. The van der Waals surface area contributed by atoms with E-state index in [1.807, 2.05) is 23.1 Å². The minimum atomic E-state index is 0.0787. The number of hydrogen-bond donors (Lipinski definition) is 1. The van der Waals surface area contributed by atoms with Crippen molar-refractivity contribution in [2.45, 2.75) is 12.5 Å². The third-order valence-electron chi connectivity index (χ3n) is 5.68. The SMILES string of the molecule is O=C(c1ccccc1CN1CCOCC1)N1C[C@@H](CO)[C@H](c2ccsc2)C1. The number of hydrogen-bond acceptors (Lipinski definition) is 5. The maximum atomic E-state index is 13.3. The van der Waals surface area contributed by atoms with Gasteiger partial charge in [-0.25, -0.2) is 0 Å². The molecule has 1 aromatic heterocycles. The zero-order valence-electron chi connectivity index (χ0n) is 15.4. The molecule has 1 amide bonds. The number of morpholine rings is 1. The van der Waals surface area contributed by atoms with Crippen LogP contribution in [0.2, 0.25) is 0 Å². The van der Waals surface area contributed by atoms with Gasteiger partial charge in [0, 0.05) is 56.7 Å². The average Bonchev–Trinajstić information content (AvgIpc) is 3.38. The molecule has 0 spiro atoms. The van der Waals surface area contributed by atoms with Crippen LogP contribution in [-0.2, 0) is 11.3 Å². The molecule has 0 radical (unpaired) electrons. The van der Waals surface area contributed by atoms with E-state index in [4.69, 9.17) is 4.74 Å². The van der Waals surface area contributed by atoms with Gasteiger partial charge < -0.3 is 14.7 Å². The van der Waals surface area contributed by atoms with Crippen LogP contribution < -0.4 is 0 Å². The predicted molar refractivity (Wildman–Crippen MR) is 106 cm³/mol. The lowest BCUT2D eigenvalue weighted by Gasteiger charge is -2.27. The van der Waals surface area contributed by atoms with Crippen LogP contribution in [0.25, 0.3) is 0 Å². The van der Waals surface area contributed by atoms with Crippen molar-refractivity contribution in [3.63, 3.8) is 0 Å². The monoisotopic (exact) mass is 386 g/mol. The molecule has 5 nitrogen and oxygen atoms in total. The van der Waals surface area contributed by atoms with E-state index >= 15 is 0 Å². The van der Waals surface area contributed by atoms with E-state index in [1.165, 1.54) is 5.56 Å². The van der Waals surface area contributed by atoms with Crippen LogP contribution >= 0.6 is 11.3 Å². The molecule has 2 aliphatic heterocycles. The quantitative estimate of drug-likeness (QED) is 0.858. The summed E-state index contributed by atoms with van der Waals surface area (Å²) in [6.07, 6.45) is 0. The Balaban J connectivity index is 1.51. The predicted octanol–water partition coefficient (Wildman–Crippen LogP) is 2.43. The van der Waals surface area contributed by atoms with Crippen molar-refractivity contribution in [3.05, 3.63) is 57.8 Å². The van der Waals surface area contributed by atoms with E-state index in [0.29, 0.717) is 13.1 Å². The minimum absolute atomic E-state index is 0.0787. The molecule has 2 aliphatic rings. The number of aliphatic hydroxyl groups excluding tert-OH is 1. The van der Waals surface area contributed by atoms with Gasteiger partial charge in [0.1, 0.15) is 0 Å². The number of rotatable bonds is 5. The summed E-state index contributed by atoms with van der Waals surface area (Å²) < 4.78 is 5.43. The Morgan fingerprint density at radius 1 is 1.19 bits per heavy atom. The molecule has 4 rings (SSSR count). The summed E-state index contributed by atoms with van der Waals surface area (Å²) in [5.74, 6) is 0.404. The number of aliphatic hydroxyl groups is 1. The Labute approximate surface area is 164 Å². The largest absolute Gasteiger partial charge is 0.396 e. The number of carbonyl (C=O) groups is 1. The molecule has 144 valence electrons. The molecule has 3 heterocycles.